The maximum Gasteiger partial charge on any atom is 0.111 e. The molecule has 2 atom stereocenters. The predicted molar refractivity (Wildman–Crippen MR) is 60.9 cm³/mol. The van der Waals surface area contributed by atoms with Crippen LogP contribution in [-0.4, -0.2) is 33.8 Å². The van der Waals surface area contributed by atoms with Crippen molar-refractivity contribution in [3.63, 3.8) is 0 Å². The molecule has 5 heteroatoms. The summed E-state index contributed by atoms with van der Waals surface area (Å²) in [5.74, 6) is 1.12. The Morgan fingerprint density at radius 3 is 2.40 bits per heavy atom. The highest BCUT2D eigenvalue weighted by Crippen LogP contribution is 2.16. The maximum absolute atomic E-state index is 10.6. The number of halogens is 1. The fraction of sp³-hybridized carbons (Fsp3) is 0.600. The molecule has 0 aliphatic carbocycles. The van der Waals surface area contributed by atoms with E-state index in [1.807, 2.05) is 12.1 Å². The molecule has 1 aromatic heterocycles. The molecule has 0 N–H and O–H groups in total. The molecule has 1 heterocycles. The molecule has 0 fully saturated rings. The monoisotopic (exact) mass is 237 g/mol. The predicted octanol–water partition coefficient (Wildman–Crippen LogP) is 2.44. The minimum atomic E-state index is -1.50. The summed E-state index contributed by atoms with van der Waals surface area (Å²) >= 11 is 0. The van der Waals surface area contributed by atoms with E-state index in [2.05, 4.69) is 0 Å². The molecule has 3 nitrogen and oxygen atoms in total. The van der Waals surface area contributed by atoms with Crippen molar-refractivity contribution in [2.75, 3.05) is 33.8 Å². The van der Waals surface area contributed by atoms with Crippen LogP contribution in [-0.2, 0) is 9.47 Å². The molecule has 0 amide bonds. The Hall–Kier alpha value is -0.440. The number of hydrogen-bond acceptors (Lipinski definition) is 3. The lowest BCUT2D eigenvalue weighted by Crippen LogP contribution is -2.11. The van der Waals surface area contributed by atoms with Crippen LogP contribution in [0.2, 0.25) is 0 Å². The van der Waals surface area contributed by atoms with E-state index >= 15 is 0 Å². The first kappa shape index (κ1) is 12.6. The van der Waals surface area contributed by atoms with Gasteiger partial charge < -0.3 is 13.9 Å². The largest absolute Gasteiger partial charge is 0.469 e. The zero-order chi connectivity index (χ0) is 12.4. The Kier molecular flexibility index (Phi) is 8.50. The van der Waals surface area contributed by atoms with E-state index in [9.17, 15) is 4.39 Å². The molecule has 0 aromatic carbocycles. The van der Waals surface area contributed by atoms with Gasteiger partial charge in [0.15, 0.2) is 0 Å². The average molecular weight is 237 g/mol. The van der Waals surface area contributed by atoms with Crippen LogP contribution in [0, 0.1) is 0 Å². The number of ether oxygens (including phenoxy) is 2. The molecule has 2 unspecified atom stereocenters. The Morgan fingerprint density at radius 1 is 1.53 bits per heavy atom. The van der Waals surface area contributed by atoms with Gasteiger partial charge in [-0.3, -0.25) is 0 Å². The van der Waals surface area contributed by atoms with Crippen LogP contribution in [0.25, 0.3) is 0 Å². The minimum Gasteiger partial charge on any atom is -0.469 e. The normalized spacial score (nSPS) is 13.0. The number of hydrogen-bond donors (Lipinski definition) is 0. The van der Waals surface area contributed by atoms with Crippen LogP contribution in [0.3, 0.4) is 0 Å². The zero-order valence-corrected chi connectivity index (χ0v) is 10.1. The van der Waals surface area contributed by atoms with Gasteiger partial charge in [0.2, 0.25) is 0 Å². The summed E-state index contributed by atoms with van der Waals surface area (Å²) in [4.78, 5) is 0. The molecule has 1 rings (SSSR count). The lowest BCUT2D eigenvalue weighted by atomic mass is 10.1. The van der Waals surface area contributed by atoms with Gasteiger partial charge in [0, 0.05) is 14.2 Å². The molecule has 0 saturated heterocycles. The van der Waals surface area contributed by atoms with E-state index in [1.165, 1.54) is 0 Å². The van der Waals surface area contributed by atoms with E-state index in [4.69, 9.17) is 15.3 Å². The number of methoxy groups -OCH3 is 2. The standard InChI is InChI=1S/C9H14O3.CH4FP/c1-10-6-8(7-11-2)9-4-3-5-12-9;2-1-3/h3-5,8H,6-7H2,1-2H3;1,3H2/i;1D. The highest BCUT2D eigenvalue weighted by Gasteiger charge is 2.13. The highest BCUT2D eigenvalue weighted by atomic mass is 31.0. The molecular formula is C10H18FO3P. The van der Waals surface area contributed by atoms with Crippen LogP contribution in [0.1, 0.15) is 13.0 Å². The summed E-state index contributed by atoms with van der Waals surface area (Å²) < 4.78 is 31.8. The first-order valence-corrected chi connectivity index (χ1v) is 5.11. The fourth-order valence-electron chi connectivity index (χ4n) is 1.14. The van der Waals surface area contributed by atoms with Crippen molar-refractivity contribution in [1.29, 1.82) is 0 Å². The summed E-state index contributed by atoms with van der Waals surface area (Å²) in [5, 5.41) is 0. The van der Waals surface area contributed by atoms with Crippen LogP contribution in [0.4, 0.5) is 4.39 Å². The third-order valence-electron chi connectivity index (χ3n) is 1.68. The van der Waals surface area contributed by atoms with Gasteiger partial charge in [-0.2, -0.15) is 0 Å². The summed E-state index contributed by atoms with van der Waals surface area (Å²) in [6.07, 6.45) is 0.160. The molecule has 15 heavy (non-hydrogen) atoms. The molecular weight excluding hydrogens is 218 g/mol. The SMILES string of the molecule is COCC(COC)c1ccco1.[2H]C(F)P. The van der Waals surface area contributed by atoms with E-state index in [0.717, 1.165) is 5.76 Å². The second-order valence-electron chi connectivity index (χ2n) is 2.75. The van der Waals surface area contributed by atoms with E-state index in [-0.39, 0.29) is 5.92 Å². The van der Waals surface area contributed by atoms with Crippen molar-refractivity contribution in [3.8, 4) is 0 Å². The Labute approximate surface area is 93.5 Å². The van der Waals surface area contributed by atoms with Gasteiger partial charge in [-0.05, 0) is 12.1 Å². The maximum atomic E-state index is 10.6. The molecule has 88 valence electrons. The van der Waals surface area contributed by atoms with Gasteiger partial charge in [-0.25, -0.2) is 4.39 Å². The smallest absolute Gasteiger partial charge is 0.111 e. The van der Waals surface area contributed by atoms with Crippen LogP contribution >= 0.6 is 9.24 Å². The van der Waals surface area contributed by atoms with Gasteiger partial charge >= 0.3 is 0 Å². The Bertz CT molecular complexity index is 235. The summed E-state index contributed by atoms with van der Waals surface area (Å²) in [7, 11) is 5.00. The van der Waals surface area contributed by atoms with Gasteiger partial charge in [0.05, 0.1) is 26.8 Å². The molecule has 0 bridgehead atoms. The lowest BCUT2D eigenvalue weighted by molar-refractivity contribution is 0.108. The van der Waals surface area contributed by atoms with Crippen molar-refractivity contribution in [1.82, 2.24) is 0 Å². The molecule has 0 aliphatic heterocycles. The van der Waals surface area contributed by atoms with Crippen molar-refractivity contribution >= 4 is 9.24 Å². The minimum absolute atomic E-state index is 0.204. The summed E-state index contributed by atoms with van der Waals surface area (Å²) in [6.45, 7) is 1.25. The lowest BCUT2D eigenvalue weighted by Gasteiger charge is -2.11. The molecule has 0 aliphatic rings. The van der Waals surface area contributed by atoms with Crippen molar-refractivity contribution < 1.29 is 19.7 Å². The van der Waals surface area contributed by atoms with Crippen LogP contribution in [0.5, 0.6) is 0 Å². The molecule has 0 spiro atoms. The van der Waals surface area contributed by atoms with Crippen LogP contribution in [0.15, 0.2) is 22.8 Å². The van der Waals surface area contributed by atoms with Gasteiger partial charge in [-0.1, -0.05) is 0 Å². The van der Waals surface area contributed by atoms with Gasteiger partial charge in [0.1, 0.15) is 12.2 Å². The summed E-state index contributed by atoms with van der Waals surface area (Å²) in [6, 6.07) is 3.80. The third-order valence-corrected chi connectivity index (χ3v) is 1.68. The highest BCUT2D eigenvalue weighted by molar-refractivity contribution is 7.16. The number of alkyl halides is 1. The Morgan fingerprint density at radius 2 is 2.07 bits per heavy atom. The second kappa shape index (κ2) is 10.1. The van der Waals surface area contributed by atoms with Crippen molar-refractivity contribution in [2.24, 2.45) is 0 Å². The number of rotatable bonds is 5. The number of furan rings is 1. The first-order chi connectivity index (χ1) is 7.61. The van der Waals surface area contributed by atoms with E-state index in [1.54, 1.807) is 29.7 Å². The topological polar surface area (TPSA) is 31.6 Å². The van der Waals surface area contributed by atoms with Gasteiger partial charge in [-0.15, -0.1) is 9.24 Å². The Balaban J connectivity index is 0.000000487. The molecule has 0 saturated carbocycles. The molecule has 1 aromatic rings. The van der Waals surface area contributed by atoms with Gasteiger partial charge in [0.25, 0.3) is 0 Å². The fourth-order valence-corrected chi connectivity index (χ4v) is 1.14. The van der Waals surface area contributed by atoms with E-state index in [0.29, 0.717) is 13.2 Å². The second-order valence-corrected chi connectivity index (χ2v) is 3.00. The first-order valence-electron chi connectivity index (χ1n) is 5.02. The molecule has 0 radical (unpaired) electrons. The van der Waals surface area contributed by atoms with E-state index < -0.39 is 6.39 Å². The quantitative estimate of drug-likeness (QED) is 0.737. The van der Waals surface area contributed by atoms with Crippen molar-refractivity contribution in [2.45, 2.75) is 5.92 Å². The van der Waals surface area contributed by atoms with Crippen LogP contribution < -0.4 is 0 Å². The zero-order valence-electron chi connectivity index (χ0n) is 9.98. The third kappa shape index (κ3) is 6.61. The average Bonchev–Trinajstić information content (AvgIpc) is 2.69. The van der Waals surface area contributed by atoms with Crippen molar-refractivity contribution in [3.05, 3.63) is 24.2 Å². The summed E-state index contributed by atoms with van der Waals surface area (Å²) in [5.41, 5.74) is 0.